The minimum atomic E-state index is -0.361. The van der Waals surface area contributed by atoms with E-state index in [1.54, 1.807) is 0 Å². The van der Waals surface area contributed by atoms with Crippen LogP contribution in [0.25, 0.3) is 0 Å². The summed E-state index contributed by atoms with van der Waals surface area (Å²) in [4.78, 5) is 42.1. The van der Waals surface area contributed by atoms with E-state index >= 15 is 0 Å². The summed E-state index contributed by atoms with van der Waals surface area (Å²) in [7, 11) is 0. The molecule has 2 aliphatic carbocycles. The number of aryl methyl sites for hydroxylation is 2. The van der Waals surface area contributed by atoms with Gasteiger partial charge in [-0.2, -0.15) is 0 Å². The minimum absolute atomic E-state index is 0.0800. The first kappa shape index (κ1) is 17.3. The van der Waals surface area contributed by atoms with Gasteiger partial charge < -0.3 is 15.2 Å². The molecule has 1 atom stereocenters. The Bertz CT molecular complexity index is 764. The van der Waals surface area contributed by atoms with Crippen molar-refractivity contribution in [2.24, 2.45) is 5.92 Å². The number of carbonyl (C=O) groups is 2. The van der Waals surface area contributed by atoms with Crippen LogP contribution in [0.4, 0.5) is 5.69 Å². The van der Waals surface area contributed by atoms with Crippen molar-refractivity contribution in [1.82, 2.24) is 9.88 Å². The van der Waals surface area contributed by atoms with Crippen molar-refractivity contribution in [2.75, 3.05) is 11.9 Å². The third-order valence-electron chi connectivity index (χ3n) is 6.14. The summed E-state index contributed by atoms with van der Waals surface area (Å²) in [5.74, 6) is -0.492. The predicted octanol–water partition coefficient (Wildman–Crippen LogP) is 2.37. The first-order chi connectivity index (χ1) is 12.6. The largest absolute Gasteiger partial charge is 0.339 e. The lowest BCUT2D eigenvalue weighted by atomic mass is 9.94. The van der Waals surface area contributed by atoms with E-state index in [1.807, 2.05) is 11.0 Å². The van der Waals surface area contributed by atoms with E-state index in [0.717, 1.165) is 62.6 Å². The molecule has 4 rings (SSSR count). The number of fused-ring (bicyclic) bond motifs is 1. The van der Waals surface area contributed by atoms with Gasteiger partial charge in [0, 0.05) is 24.7 Å². The van der Waals surface area contributed by atoms with E-state index in [-0.39, 0.29) is 29.7 Å². The third-order valence-corrected chi connectivity index (χ3v) is 6.14. The average Bonchev–Trinajstić information content (AvgIpc) is 3.05. The number of hydrogen-bond donors (Lipinski definition) is 2. The van der Waals surface area contributed by atoms with Gasteiger partial charge in [0.05, 0.1) is 5.92 Å². The van der Waals surface area contributed by atoms with Crippen LogP contribution in [0.2, 0.25) is 0 Å². The average molecular weight is 357 g/mol. The van der Waals surface area contributed by atoms with Crippen LogP contribution in [0.15, 0.2) is 10.9 Å². The zero-order chi connectivity index (χ0) is 18.1. The van der Waals surface area contributed by atoms with Crippen LogP contribution in [0.1, 0.15) is 62.6 Å². The molecule has 2 N–H and O–H groups in total. The number of nitrogens with one attached hydrogen (secondary N) is 2. The molecule has 26 heavy (non-hydrogen) atoms. The van der Waals surface area contributed by atoms with Crippen molar-refractivity contribution in [1.29, 1.82) is 0 Å². The Morgan fingerprint density at radius 1 is 1.08 bits per heavy atom. The quantitative estimate of drug-likeness (QED) is 0.871. The summed E-state index contributed by atoms with van der Waals surface area (Å²) in [5, 5.41) is 2.78. The van der Waals surface area contributed by atoms with E-state index in [0.29, 0.717) is 18.3 Å². The molecule has 1 saturated carbocycles. The van der Waals surface area contributed by atoms with Gasteiger partial charge in [-0.1, -0.05) is 19.3 Å². The van der Waals surface area contributed by atoms with E-state index in [2.05, 4.69) is 10.3 Å². The molecule has 1 saturated heterocycles. The van der Waals surface area contributed by atoms with Gasteiger partial charge in [-0.05, 0) is 50.2 Å². The molecule has 1 aromatic heterocycles. The zero-order valence-electron chi connectivity index (χ0n) is 15.2. The molecule has 140 valence electrons. The molecule has 2 amide bonds. The van der Waals surface area contributed by atoms with Gasteiger partial charge in [-0.25, -0.2) is 0 Å². The molecule has 2 fully saturated rings. The number of likely N-dealkylation sites (tertiary alicyclic amines) is 1. The number of pyridine rings is 1. The van der Waals surface area contributed by atoms with E-state index in [9.17, 15) is 14.4 Å². The summed E-state index contributed by atoms with van der Waals surface area (Å²) < 4.78 is 0. The number of amides is 2. The Hall–Kier alpha value is -2.11. The highest BCUT2D eigenvalue weighted by Gasteiger charge is 2.38. The van der Waals surface area contributed by atoms with Crippen molar-refractivity contribution in [3.63, 3.8) is 0 Å². The number of H-pyrrole nitrogens is 1. The maximum absolute atomic E-state index is 12.7. The molecule has 3 aliphatic rings. The first-order valence-electron chi connectivity index (χ1n) is 9.97. The molecule has 1 aliphatic heterocycles. The van der Waals surface area contributed by atoms with Gasteiger partial charge in [-0.3, -0.25) is 14.4 Å². The normalized spacial score (nSPS) is 23.8. The highest BCUT2D eigenvalue weighted by Crippen LogP contribution is 2.29. The second-order valence-electron chi connectivity index (χ2n) is 7.95. The molecule has 6 nitrogen and oxygen atoms in total. The minimum Gasteiger partial charge on any atom is -0.339 e. The maximum Gasteiger partial charge on any atom is 0.271 e. The van der Waals surface area contributed by atoms with E-state index < -0.39 is 0 Å². The van der Waals surface area contributed by atoms with Crippen molar-refractivity contribution in [2.45, 2.75) is 70.3 Å². The fourth-order valence-electron chi connectivity index (χ4n) is 4.66. The summed E-state index contributed by atoms with van der Waals surface area (Å²) in [6, 6.07) is 2.11. The van der Waals surface area contributed by atoms with Crippen LogP contribution in [-0.4, -0.2) is 34.3 Å². The highest BCUT2D eigenvalue weighted by atomic mass is 16.2. The summed E-state index contributed by atoms with van der Waals surface area (Å²) >= 11 is 0. The van der Waals surface area contributed by atoms with Crippen LogP contribution >= 0.6 is 0 Å². The SMILES string of the molecule is O=C(Nc1cc2c([nH]c1=O)CCCC2)C1CC(=O)N(C2CCCCC2)C1. The lowest BCUT2D eigenvalue weighted by molar-refractivity contribution is -0.130. The Kier molecular flexibility index (Phi) is 4.83. The highest BCUT2D eigenvalue weighted by molar-refractivity contribution is 5.97. The molecule has 6 heteroatoms. The van der Waals surface area contributed by atoms with Gasteiger partial charge in [-0.15, -0.1) is 0 Å². The number of anilines is 1. The Morgan fingerprint density at radius 2 is 1.85 bits per heavy atom. The second-order valence-corrected chi connectivity index (χ2v) is 7.95. The monoisotopic (exact) mass is 357 g/mol. The maximum atomic E-state index is 12.7. The lowest BCUT2D eigenvalue weighted by Crippen LogP contribution is -2.38. The number of aromatic nitrogens is 1. The van der Waals surface area contributed by atoms with Gasteiger partial charge in [0.2, 0.25) is 11.8 Å². The molecule has 0 radical (unpaired) electrons. The third kappa shape index (κ3) is 3.41. The molecule has 1 unspecified atom stereocenters. The van der Waals surface area contributed by atoms with Gasteiger partial charge >= 0.3 is 0 Å². The lowest BCUT2D eigenvalue weighted by Gasteiger charge is -2.31. The van der Waals surface area contributed by atoms with Gasteiger partial charge in [0.1, 0.15) is 5.69 Å². The number of rotatable bonds is 3. The van der Waals surface area contributed by atoms with Gasteiger partial charge in [0.15, 0.2) is 0 Å². The first-order valence-corrected chi connectivity index (χ1v) is 9.97. The molecular weight excluding hydrogens is 330 g/mol. The molecule has 0 spiro atoms. The van der Waals surface area contributed by atoms with Crippen LogP contribution in [0.5, 0.6) is 0 Å². The molecule has 2 heterocycles. The van der Waals surface area contributed by atoms with Crippen molar-refractivity contribution >= 4 is 17.5 Å². The number of hydrogen-bond acceptors (Lipinski definition) is 3. The standard InChI is InChI=1S/C20H27N3O3/c24-18-11-14(12-23(18)15-7-2-1-3-8-15)19(25)22-17-10-13-6-4-5-9-16(13)21-20(17)26/h10,14-15H,1-9,11-12H2,(H,21,26)(H,22,25). The molecule has 1 aromatic rings. The molecule has 0 bridgehead atoms. The van der Waals surface area contributed by atoms with E-state index in [4.69, 9.17) is 0 Å². The summed E-state index contributed by atoms with van der Waals surface area (Å²) in [6.07, 6.45) is 9.95. The smallest absolute Gasteiger partial charge is 0.271 e. The zero-order valence-corrected chi connectivity index (χ0v) is 15.2. The topological polar surface area (TPSA) is 82.3 Å². The summed E-state index contributed by atoms with van der Waals surface area (Å²) in [5.41, 5.74) is 2.20. The fourth-order valence-corrected chi connectivity index (χ4v) is 4.66. The number of aromatic amines is 1. The van der Waals surface area contributed by atoms with E-state index in [1.165, 1.54) is 6.42 Å². The number of carbonyl (C=O) groups excluding carboxylic acids is 2. The van der Waals surface area contributed by atoms with Crippen LogP contribution in [0.3, 0.4) is 0 Å². The Labute approximate surface area is 153 Å². The second kappa shape index (κ2) is 7.25. The van der Waals surface area contributed by atoms with Gasteiger partial charge in [0.25, 0.3) is 5.56 Å². The van der Waals surface area contributed by atoms with Crippen LogP contribution in [-0.2, 0) is 22.4 Å². The molecular formula is C20H27N3O3. The van der Waals surface area contributed by atoms with Crippen LogP contribution < -0.4 is 10.9 Å². The Balaban J connectivity index is 1.44. The van der Waals surface area contributed by atoms with Crippen molar-refractivity contribution in [3.8, 4) is 0 Å². The number of nitrogens with zero attached hydrogens (tertiary/aromatic N) is 1. The molecule has 0 aromatic carbocycles. The Morgan fingerprint density at radius 3 is 2.65 bits per heavy atom. The van der Waals surface area contributed by atoms with Crippen LogP contribution in [0, 0.1) is 5.92 Å². The fraction of sp³-hybridized carbons (Fsp3) is 0.650. The predicted molar refractivity (Wildman–Crippen MR) is 99.0 cm³/mol. The van der Waals surface area contributed by atoms with Crippen molar-refractivity contribution < 1.29 is 9.59 Å². The van der Waals surface area contributed by atoms with Crippen molar-refractivity contribution in [3.05, 3.63) is 27.7 Å². The summed E-state index contributed by atoms with van der Waals surface area (Å²) in [6.45, 7) is 0.484.